The number of nitrogens with two attached hydrogens (primary N) is 1. The average Bonchev–Trinajstić information content (AvgIpc) is 2.37. The third-order valence-electron chi connectivity index (χ3n) is 4.14. The molecule has 1 aromatic rings. The fraction of sp³-hybridized carbons (Fsp3) is 0.667. The van der Waals surface area contributed by atoms with Crippen molar-refractivity contribution >= 4 is 11.5 Å². The second-order valence-electron chi connectivity index (χ2n) is 5.87. The number of piperidine rings is 1. The molecule has 4 nitrogen and oxygen atoms in total. The SMILES string of the molecule is Cc1cc(N)cnc1N(C)CCC1CCN(C)CC1. The van der Waals surface area contributed by atoms with Gasteiger partial charge < -0.3 is 15.5 Å². The molecule has 0 radical (unpaired) electrons. The van der Waals surface area contributed by atoms with Gasteiger partial charge in [0.25, 0.3) is 0 Å². The van der Waals surface area contributed by atoms with Crippen molar-refractivity contribution in [2.24, 2.45) is 5.92 Å². The fourth-order valence-electron chi connectivity index (χ4n) is 2.82. The number of hydrogen-bond donors (Lipinski definition) is 1. The molecule has 0 atom stereocenters. The predicted octanol–water partition coefficient (Wildman–Crippen LogP) is 2.14. The summed E-state index contributed by atoms with van der Waals surface area (Å²) in [7, 11) is 4.34. The Kier molecular flexibility index (Phi) is 4.64. The molecule has 1 aliphatic heterocycles. The van der Waals surface area contributed by atoms with Crippen molar-refractivity contribution in [2.45, 2.75) is 26.2 Å². The van der Waals surface area contributed by atoms with Crippen molar-refractivity contribution in [3.8, 4) is 0 Å². The van der Waals surface area contributed by atoms with Gasteiger partial charge in [0.1, 0.15) is 5.82 Å². The Bertz CT molecular complexity index is 411. The number of nitrogens with zero attached hydrogens (tertiary/aromatic N) is 3. The summed E-state index contributed by atoms with van der Waals surface area (Å²) in [6.07, 6.45) is 5.67. The van der Waals surface area contributed by atoms with E-state index in [0.29, 0.717) is 0 Å². The molecule has 0 spiro atoms. The predicted molar refractivity (Wildman–Crippen MR) is 81.5 cm³/mol. The number of rotatable bonds is 4. The minimum Gasteiger partial charge on any atom is -0.397 e. The summed E-state index contributed by atoms with van der Waals surface area (Å²) < 4.78 is 0. The number of aryl methyl sites for hydroxylation is 1. The van der Waals surface area contributed by atoms with Gasteiger partial charge in [-0.05, 0) is 63.9 Å². The Balaban J connectivity index is 1.85. The van der Waals surface area contributed by atoms with Gasteiger partial charge in [0, 0.05) is 13.6 Å². The van der Waals surface area contributed by atoms with Crippen LogP contribution in [0.15, 0.2) is 12.3 Å². The van der Waals surface area contributed by atoms with Crippen molar-refractivity contribution in [3.05, 3.63) is 17.8 Å². The lowest BCUT2D eigenvalue weighted by molar-refractivity contribution is 0.213. The van der Waals surface area contributed by atoms with Gasteiger partial charge in [-0.2, -0.15) is 0 Å². The van der Waals surface area contributed by atoms with Gasteiger partial charge in [-0.3, -0.25) is 0 Å². The highest BCUT2D eigenvalue weighted by Gasteiger charge is 2.17. The first-order valence-electron chi connectivity index (χ1n) is 7.18. The minimum atomic E-state index is 0.741. The highest BCUT2D eigenvalue weighted by atomic mass is 15.2. The Labute approximate surface area is 116 Å². The monoisotopic (exact) mass is 262 g/mol. The van der Waals surface area contributed by atoms with Crippen LogP contribution in [0.3, 0.4) is 0 Å². The van der Waals surface area contributed by atoms with E-state index >= 15 is 0 Å². The molecule has 19 heavy (non-hydrogen) atoms. The van der Waals surface area contributed by atoms with Crippen molar-refractivity contribution in [1.29, 1.82) is 0 Å². The molecule has 0 bridgehead atoms. The molecule has 0 saturated carbocycles. The highest BCUT2D eigenvalue weighted by Crippen LogP contribution is 2.22. The Morgan fingerprint density at radius 3 is 2.74 bits per heavy atom. The Morgan fingerprint density at radius 1 is 1.42 bits per heavy atom. The lowest BCUT2D eigenvalue weighted by Crippen LogP contribution is -2.32. The molecule has 1 aromatic heterocycles. The van der Waals surface area contributed by atoms with Gasteiger partial charge in [-0.1, -0.05) is 0 Å². The van der Waals surface area contributed by atoms with Gasteiger partial charge in [0.15, 0.2) is 0 Å². The highest BCUT2D eigenvalue weighted by molar-refractivity contribution is 5.52. The quantitative estimate of drug-likeness (QED) is 0.903. The first-order chi connectivity index (χ1) is 9.06. The molecule has 4 heteroatoms. The molecular weight excluding hydrogens is 236 g/mol. The van der Waals surface area contributed by atoms with Crippen molar-refractivity contribution < 1.29 is 0 Å². The zero-order chi connectivity index (χ0) is 13.8. The molecule has 1 saturated heterocycles. The van der Waals surface area contributed by atoms with Crippen LogP contribution in [0, 0.1) is 12.8 Å². The number of anilines is 2. The average molecular weight is 262 g/mol. The molecule has 1 fully saturated rings. The summed E-state index contributed by atoms with van der Waals surface area (Å²) in [5.41, 5.74) is 7.64. The van der Waals surface area contributed by atoms with E-state index in [4.69, 9.17) is 5.73 Å². The smallest absolute Gasteiger partial charge is 0.131 e. The number of nitrogen functional groups attached to an aromatic ring is 1. The van der Waals surface area contributed by atoms with Crippen LogP contribution in [0.4, 0.5) is 11.5 Å². The third-order valence-corrected chi connectivity index (χ3v) is 4.14. The topological polar surface area (TPSA) is 45.4 Å². The molecule has 2 N–H and O–H groups in total. The Morgan fingerprint density at radius 2 is 2.11 bits per heavy atom. The van der Waals surface area contributed by atoms with Gasteiger partial charge in [-0.15, -0.1) is 0 Å². The van der Waals surface area contributed by atoms with E-state index in [0.717, 1.165) is 29.5 Å². The van der Waals surface area contributed by atoms with E-state index in [1.165, 1.54) is 32.4 Å². The van der Waals surface area contributed by atoms with E-state index in [2.05, 4.69) is 35.8 Å². The van der Waals surface area contributed by atoms with E-state index < -0.39 is 0 Å². The van der Waals surface area contributed by atoms with Crippen LogP contribution < -0.4 is 10.6 Å². The standard InChI is InChI=1S/C15H26N4/c1-12-10-14(16)11-17-15(12)19(3)9-6-13-4-7-18(2)8-5-13/h10-11,13H,4-9,16H2,1-3H3. The van der Waals surface area contributed by atoms with E-state index in [-0.39, 0.29) is 0 Å². The lowest BCUT2D eigenvalue weighted by atomic mass is 9.93. The summed E-state index contributed by atoms with van der Waals surface area (Å²) in [6.45, 7) is 5.64. The molecule has 2 heterocycles. The largest absolute Gasteiger partial charge is 0.397 e. The maximum Gasteiger partial charge on any atom is 0.131 e. The van der Waals surface area contributed by atoms with Gasteiger partial charge in [-0.25, -0.2) is 4.98 Å². The number of aromatic nitrogens is 1. The van der Waals surface area contributed by atoms with Crippen molar-refractivity contribution in [1.82, 2.24) is 9.88 Å². The van der Waals surface area contributed by atoms with Crippen LogP contribution in [0.5, 0.6) is 0 Å². The first kappa shape index (κ1) is 14.1. The Hall–Kier alpha value is -1.29. The number of hydrogen-bond acceptors (Lipinski definition) is 4. The summed E-state index contributed by atoms with van der Waals surface area (Å²) >= 11 is 0. The lowest BCUT2D eigenvalue weighted by Gasteiger charge is -2.30. The normalized spacial score (nSPS) is 17.6. The van der Waals surface area contributed by atoms with Crippen LogP contribution in [0.2, 0.25) is 0 Å². The summed E-state index contributed by atoms with van der Waals surface area (Å²) in [4.78, 5) is 9.13. The molecule has 0 aliphatic carbocycles. The zero-order valence-electron chi connectivity index (χ0n) is 12.4. The molecule has 1 aliphatic rings. The molecule has 0 unspecified atom stereocenters. The van der Waals surface area contributed by atoms with Gasteiger partial charge >= 0.3 is 0 Å². The molecule has 106 valence electrons. The van der Waals surface area contributed by atoms with E-state index in [9.17, 15) is 0 Å². The van der Waals surface area contributed by atoms with Crippen LogP contribution in [0.25, 0.3) is 0 Å². The summed E-state index contributed by atoms with van der Waals surface area (Å²) in [6, 6.07) is 1.99. The molecule has 0 aromatic carbocycles. The number of likely N-dealkylation sites (tertiary alicyclic amines) is 1. The number of pyridine rings is 1. The minimum absolute atomic E-state index is 0.741. The second-order valence-corrected chi connectivity index (χ2v) is 5.87. The first-order valence-corrected chi connectivity index (χ1v) is 7.18. The zero-order valence-corrected chi connectivity index (χ0v) is 12.4. The molecule has 0 amide bonds. The third kappa shape index (κ3) is 3.83. The summed E-state index contributed by atoms with van der Waals surface area (Å²) in [5.74, 6) is 1.93. The maximum atomic E-state index is 5.75. The van der Waals surface area contributed by atoms with Gasteiger partial charge in [0.05, 0.1) is 11.9 Å². The van der Waals surface area contributed by atoms with E-state index in [1.807, 2.05) is 6.07 Å². The maximum absolute atomic E-state index is 5.75. The van der Waals surface area contributed by atoms with Crippen molar-refractivity contribution in [2.75, 3.05) is 44.4 Å². The molecule has 2 rings (SSSR count). The van der Waals surface area contributed by atoms with Gasteiger partial charge in [0.2, 0.25) is 0 Å². The van der Waals surface area contributed by atoms with Crippen LogP contribution in [-0.2, 0) is 0 Å². The summed E-state index contributed by atoms with van der Waals surface area (Å²) in [5, 5.41) is 0. The fourth-order valence-corrected chi connectivity index (χ4v) is 2.82. The van der Waals surface area contributed by atoms with Crippen LogP contribution in [-0.4, -0.2) is 43.6 Å². The molecular formula is C15H26N4. The van der Waals surface area contributed by atoms with Crippen LogP contribution >= 0.6 is 0 Å². The second kappa shape index (κ2) is 6.24. The van der Waals surface area contributed by atoms with Crippen molar-refractivity contribution in [3.63, 3.8) is 0 Å². The van der Waals surface area contributed by atoms with E-state index in [1.54, 1.807) is 6.20 Å². The van der Waals surface area contributed by atoms with Crippen LogP contribution in [0.1, 0.15) is 24.8 Å².